The Hall–Kier alpha value is -1.85. The average Bonchev–Trinajstić information content (AvgIpc) is 2.53. The standard InChI is InChI=1S/C17H26N4O/c1-14(2)11-19-17(18)20-12-15-5-3-4-6-16(15)13-21-7-9-22-10-8-21/h3-6H,1,7-13H2,2H3,(H3,18,19,20). The van der Waals surface area contributed by atoms with Crippen molar-refractivity contribution in [2.24, 2.45) is 10.7 Å². The van der Waals surface area contributed by atoms with Gasteiger partial charge in [0.25, 0.3) is 0 Å². The molecule has 0 aromatic heterocycles. The number of benzene rings is 1. The molecule has 1 aliphatic rings. The lowest BCUT2D eigenvalue weighted by molar-refractivity contribution is 0.0341. The summed E-state index contributed by atoms with van der Waals surface area (Å²) in [5, 5.41) is 3.05. The topological polar surface area (TPSA) is 62.9 Å². The third kappa shape index (κ3) is 5.50. The summed E-state index contributed by atoms with van der Waals surface area (Å²) < 4.78 is 5.40. The van der Waals surface area contributed by atoms with Crippen LogP contribution >= 0.6 is 0 Å². The summed E-state index contributed by atoms with van der Waals surface area (Å²) in [4.78, 5) is 6.83. The van der Waals surface area contributed by atoms with Crippen molar-refractivity contribution in [2.45, 2.75) is 20.0 Å². The van der Waals surface area contributed by atoms with E-state index in [9.17, 15) is 0 Å². The number of rotatable bonds is 6. The zero-order chi connectivity index (χ0) is 15.8. The molecular formula is C17H26N4O. The maximum absolute atomic E-state index is 5.87. The lowest BCUT2D eigenvalue weighted by atomic mass is 10.1. The Labute approximate surface area is 132 Å². The van der Waals surface area contributed by atoms with E-state index in [0.29, 0.717) is 19.0 Å². The highest BCUT2D eigenvalue weighted by molar-refractivity contribution is 5.78. The highest BCUT2D eigenvalue weighted by Crippen LogP contribution is 2.14. The van der Waals surface area contributed by atoms with Gasteiger partial charge in [0, 0.05) is 26.2 Å². The lowest BCUT2D eigenvalue weighted by Crippen LogP contribution is -2.36. The van der Waals surface area contributed by atoms with Crippen LogP contribution in [-0.4, -0.2) is 43.7 Å². The summed E-state index contributed by atoms with van der Waals surface area (Å²) in [7, 11) is 0. The molecule has 1 saturated heterocycles. The number of morpholine rings is 1. The van der Waals surface area contributed by atoms with Crippen LogP contribution in [0.1, 0.15) is 18.1 Å². The molecule has 1 aromatic rings. The zero-order valence-electron chi connectivity index (χ0n) is 13.3. The quantitative estimate of drug-likeness (QED) is 0.475. The molecule has 0 radical (unpaired) electrons. The molecule has 0 amide bonds. The van der Waals surface area contributed by atoms with Crippen molar-refractivity contribution >= 4 is 5.96 Å². The molecule has 1 heterocycles. The summed E-state index contributed by atoms with van der Waals surface area (Å²) in [6.07, 6.45) is 0. The van der Waals surface area contributed by atoms with Crippen LogP contribution in [0.5, 0.6) is 0 Å². The van der Waals surface area contributed by atoms with E-state index in [4.69, 9.17) is 10.5 Å². The zero-order valence-corrected chi connectivity index (χ0v) is 13.3. The summed E-state index contributed by atoms with van der Waals surface area (Å²) in [6, 6.07) is 8.40. The van der Waals surface area contributed by atoms with Gasteiger partial charge < -0.3 is 15.8 Å². The average molecular weight is 302 g/mol. The van der Waals surface area contributed by atoms with Crippen LogP contribution in [0.4, 0.5) is 0 Å². The Bertz CT molecular complexity index is 521. The summed E-state index contributed by atoms with van der Waals surface area (Å²) in [5.41, 5.74) is 9.43. The van der Waals surface area contributed by atoms with E-state index in [1.807, 2.05) is 13.0 Å². The van der Waals surface area contributed by atoms with E-state index in [2.05, 4.69) is 40.0 Å². The SMILES string of the molecule is C=C(C)CNC(N)=NCc1ccccc1CN1CCOCC1. The molecule has 0 atom stereocenters. The van der Waals surface area contributed by atoms with Crippen molar-refractivity contribution in [3.63, 3.8) is 0 Å². The Morgan fingerprint density at radius 3 is 2.68 bits per heavy atom. The first kappa shape index (κ1) is 16.5. The first-order valence-electron chi connectivity index (χ1n) is 7.70. The van der Waals surface area contributed by atoms with Gasteiger partial charge in [0.05, 0.1) is 19.8 Å². The van der Waals surface area contributed by atoms with Crippen LogP contribution in [0.15, 0.2) is 41.4 Å². The first-order valence-corrected chi connectivity index (χ1v) is 7.70. The molecule has 5 heteroatoms. The van der Waals surface area contributed by atoms with Gasteiger partial charge in [-0.3, -0.25) is 4.90 Å². The van der Waals surface area contributed by atoms with Crippen molar-refractivity contribution in [1.82, 2.24) is 10.2 Å². The van der Waals surface area contributed by atoms with Crippen molar-refractivity contribution in [3.8, 4) is 0 Å². The number of hydrogen-bond acceptors (Lipinski definition) is 3. The molecular weight excluding hydrogens is 276 g/mol. The molecule has 3 N–H and O–H groups in total. The van der Waals surface area contributed by atoms with Crippen LogP contribution in [-0.2, 0) is 17.8 Å². The van der Waals surface area contributed by atoms with E-state index in [-0.39, 0.29) is 0 Å². The monoisotopic (exact) mass is 302 g/mol. The molecule has 0 bridgehead atoms. The van der Waals surface area contributed by atoms with E-state index in [0.717, 1.165) is 38.4 Å². The number of nitrogens with one attached hydrogen (secondary N) is 1. The maximum Gasteiger partial charge on any atom is 0.189 e. The maximum atomic E-state index is 5.87. The minimum absolute atomic E-state index is 0.462. The second-order valence-electron chi connectivity index (χ2n) is 5.67. The van der Waals surface area contributed by atoms with Gasteiger partial charge in [-0.05, 0) is 18.1 Å². The molecule has 0 aliphatic carbocycles. The number of aliphatic imine (C=N–C) groups is 1. The Morgan fingerprint density at radius 1 is 1.32 bits per heavy atom. The predicted molar refractivity (Wildman–Crippen MR) is 90.7 cm³/mol. The second kappa shape index (κ2) is 8.56. The fourth-order valence-corrected chi connectivity index (χ4v) is 2.33. The van der Waals surface area contributed by atoms with E-state index in [1.54, 1.807) is 0 Å². The number of nitrogens with two attached hydrogens (primary N) is 1. The minimum Gasteiger partial charge on any atom is -0.379 e. The third-order valence-corrected chi connectivity index (χ3v) is 3.61. The van der Waals surface area contributed by atoms with Crippen molar-refractivity contribution < 1.29 is 4.74 Å². The number of hydrogen-bond donors (Lipinski definition) is 2. The van der Waals surface area contributed by atoms with Gasteiger partial charge in [0.15, 0.2) is 5.96 Å². The molecule has 1 aromatic carbocycles. The molecule has 0 saturated carbocycles. The molecule has 0 spiro atoms. The van der Waals surface area contributed by atoms with Gasteiger partial charge in [-0.25, -0.2) is 4.99 Å². The van der Waals surface area contributed by atoms with Crippen LogP contribution in [0.25, 0.3) is 0 Å². The molecule has 22 heavy (non-hydrogen) atoms. The van der Waals surface area contributed by atoms with Crippen LogP contribution in [0.3, 0.4) is 0 Å². The van der Waals surface area contributed by atoms with Gasteiger partial charge >= 0.3 is 0 Å². The Balaban J connectivity index is 1.95. The number of nitrogens with zero attached hydrogens (tertiary/aromatic N) is 2. The Kier molecular flexibility index (Phi) is 6.43. The number of guanidine groups is 1. The van der Waals surface area contributed by atoms with Crippen molar-refractivity contribution in [1.29, 1.82) is 0 Å². The predicted octanol–water partition coefficient (Wildman–Crippen LogP) is 1.50. The minimum atomic E-state index is 0.462. The first-order chi connectivity index (χ1) is 10.6. The number of ether oxygens (including phenoxy) is 1. The molecule has 2 rings (SSSR count). The summed E-state index contributed by atoms with van der Waals surface area (Å²) in [6.45, 7) is 11.6. The molecule has 120 valence electrons. The smallest absolute Gasteiger partial charge is 0.189 e. The van der Waals surface area contributed by atoms with Crippen LogP contribution in [0, 0.1) is 0 Å². The summed E-state index contributed by atoms with van der Waals surface area (Å²) in [5.74, 6) is 0.462. The fourth-order valence-electron chi connectivity index (χ4n) is 2.33. The van der Waals surface area contributed by atoms with Gasteiger partial charge in [-0.15, -0.1) is 0 Å². The third-order valence-electron chi connectivity index (χ3n) is 3.61. The highest BCUT2D eigenvalue weighted by Gasteiger charge is 2.12. The largest absolute Gasteiger partial charge is 0.379 e. The highest BCUT2D eigenvalue weighted by atomic mass is 16.5. The lowest BCUT2D eigenvalue weighted by Gasteiger charge is -2.27. The second-order valence-corrected chi connectivity index (χ2v) is 5.67. The molecule has 0 unspecified atom stereocenters. The van der Waals surface area contributed by atoms with E-state index >= 15 is 0 Å². The van der Waals surface area contributed by atoms with Crippen molar-refractivity contribution in [3.05, 3.63) is 47.5 Å². The Morgan fingerprint density at radius 2 is 2.00 bits per heavy atom. The van der Waals surface area contributed by atoms with Gasteiger partial charge in [0.2, 0.25) is 0 Å². The van der Waals surface area contributed by atoms with E-state index in [1.165, 1.54) is 11.1 Å². The van der Waals surface area contributed by atoms with Crippen LogP contribution < -0.4 is 11.1 Å². The molecule has 5 nitrogen and oxygen atoms in total. The fraction of sp³-hybridized carbons (Fsp3) is 0.471. The van der Waals surface area contributed by atoms with E-state index < -0.39 is 0 Å². The van der Waals surface area contributed by atoms with Gasteiger partial charge in [-0.2, -0.15) is 0 Å². The van der Waals surface area contributed by atoms with Gasteiger partial charge in [-0.1, -0.05) is 36.4 Å². The molecule has 1 fully saturated rings. The van der Waals surface area contributed by atoms with Gasteiger partial charge in [0.1, 0.15) is 0 Å². The van der Waals surface area contributed by atoms with Crippen LogP contribution in [0.2, 0.25) is 0 Å². The normalized spacial score (nSPS) is 16.5. The van der Waals surface area contributed by atoms with Crippen molar-refractivity contribution in [2.75, 3.05) is 32.8 Å². The molecule has 1 aliphatic heterocycles. The summed E-state index contributed by atoms with van der Waals surface area (Å²) >= 11 is 0.